The molecule has 1 aliphatic heterocycles. The number of nitrogens with zero attached hydrogens (tertiary/aromatic N) is 4. The van der Waals surface area contributed by atoms with Crippen LogP contribution < -0.4 is 5.32 Å². The van der Waals surface area contributed by atoms with E-state index in [-0.39, 0.29) is 6.54 Å². The highest BCUT2D eigenvalue weighted by Gasteiger charge is 2.42. The van der Waals surface area contributed by atoms with Crippen LogP contribution >= 0.6 is 0 Å². The second-order valence-corrected chi connectivity index (χ2v) is 8.61. The van der Waals surface area contributed by atoms with Crippen molar-refractivity contribution in [1.29, 1.82) is 0 Å². The lowest BCUT2D eigenvalue weighted by Crippen LogP contribution is -2.59. The summed E-state index contributed by atoms with van der Waals surface area (Å²) in [7, 11) is 0. The second-order valence-electron chi connectivity index (χ2n) is 8.61. The molecule has 0 aliphatic carbocycles. The summed E-state index contributed by atoms with van der Waals surface area (Å²) < 4.78 is 5.18. The van der Waals surface area contributed by atoms with Crippen LogP contribution in [0.1, 0.15) is 22.6 Å². The first kappa shape index (κ1) is 25.3. The minimum Gasteiger partial charge on any atom is -0.388 e. The van der Waals surface area contributed by atoms with Crippen molar-refractivity contribution in [2.75, 3.05) is 6.54 Å². The van der Waals surface area contributed by atoms with E-state index < -0.39 is 30.7 Å². The minimum absolute atomic E-state index is 0.186. The molecule has 1 aliphatic rings. The molecule has 10 nitrogen and oxygen atoms in total. The molecule has 3 aromatic rings. The monoisotopic (exact) mass is 481 g/mol. The van der Waals surface area contributed by atoms with Gasteiger partial charge in [0.1, 0.15) is 24.4 Å². The summed E-state index contributed by atoms with van der Waals surface area (Å²) in [6, 6.07) is 15.7. The lowest BCUT2D eigenvalue weighted by molar-refractivity contribution is -0.280. The maximum atomic E-state index is 10.0. The Morgan fingerprint density at radius 2 is 1.37 bits per heavy atom. The zero-order valence-corrected chi connectivity index (χ0v) is 19.3. The zero-order valence-electron chi connectivity index (χ0n) is 19.3. The molecule has 0 amide bonds. The Labute approximate surface area is 203 Å². The van der Waals surface area contributed by atoms with Gasteiger partial charge in [0.25, 0.3) is 0 Å². The lowest BCUT2D eigenvalue weighted by Gasteiger charge is -2.38. The normalized spacial score (nSPS) is 24.5. The molecule has 4 heterocycles. The molecular formula is C25H31N5O5. The summed E-state index contributed by atoms with van der Waals surface area (Å²) in [6.07, 6.45) is -1.33. The summed E-state index contributed by atoms with van der Waals surface area (Å²) in [5.74, 6) is 0. The van der Waals surface area contributed by atoms with Crippen LogP contribution in [0.25, 0.3) is 0 Å². The number of aliphatic hydroxyl groups is 4. The van der Waals surface area contributed by atoms with Gasteiger partial charge in [-0.2, -0.15) is 0 Å². The fourth-order valence-electron chi connectivity index (χ4n) is 3.95. The number of hydrogen-bond acceptors (Lipinski definition) is 10. The quantitative estimate of drug-likeness (QED) is 0.268. The Morgan fingerprint density at radius 1 is 0.743 bits per heavy atom. The maximum Gasteiger partial charge on any atom is 0.184 e. The van der Waals surface area contributed by atoms with E-state index in [0.29, 0.717) is 26.2 Å². The van der Waals surface area contributed by atoms with E-state index in [1.54, 1.807) is 18.6 Å². The van der Waals surface area contributed by atoms with Crippen molar-refractivity contribution in [2.45, 2.75) is 56.9 Å². The van der Waals surface area contributed by atoms with Crippen LogP contribution in [-0.2, 0) is 30.9 Å². The summed E-state index contributed by atoms with van der Waals surface area (Å²) in [5, 5.41) is 42.2. The maximum absolute atomic E-state index is 10.0. The van der Waals surface area contributed by atoms with E-state index in [0.717, 1.165) is 22.6 Å². The van der Waals surface area contributed by atoms with Crippen molar-refractivity contribution in [1.82, 2.24) is 25.2 Å². The third-order valence-electron chi connectivity index (χ3n) is 5.86. The van der Waals surface area contributed by atoms with Gasteiger partial charge in [-0.3, -0.25) is 19.9 Å². The lowest BCUT2D eigenvalue weighted by atomic mass is 9.99. The van der Waals surface area contributed by atoms with Gasteiger partial charge in [-0.25, -0.2) is 0 Å². The van der Waals surface area contributed by atoms with Crippen molar-refractivity contribution >= 4 is 0 Å². The number of hydrogen-bond donors (Lipinski definition) is 5. The van der Waals surface area contributed by atoms with Crippen molar-refractivity contribution in [3.63, 3.8) is 0 Å². The predicted octanol–water partition coefficient (Wildman–Crippen LogP) is -0.0365. The van der Waals surface area contributed by atoms with Crippen LogP contribution in [0.4, 0.5) is 0 Å². The molecule has 1 fully saturated rings. The third-order valence-corrected chi connectivity index (χ3v) is 5.86. The van der Waals surface area contributed by atoms with Gasteiger partial charge in [0.2, 0.25) is 0 Å². The number of aliphatic hydroxyl groups excluding tert-OH is 4. The minimum atomic E-state index is -1.54. The number of rotatable bonds is 10. The summed E-state index contributed by atoms with van der Waals surface area (Å²) in [5.41, 5.74) is 3.78. The molecule has 35 heavy (non-hydrogen) atoms. The Balaban J connectivity index is 1.32. The van der Waals surface area contributed by atoms with Crippen molar-refractivity contribution in [3.05, 3.63) is 89.8 Å². The van der Waals surface area contributed by atoms with E-state index in [2.05, 4.69) is 25.2 Å². The first-order valence-corrected chi connectivity index (χ1v) is 11.5. The number of ether oxygens (including phenoxy) is 1. The second kappa shape index (κ2) is 12.2. The molecule has 0 radical (unpaired) electrons. The molecule has 0 saturated carbocycles. The highest BCUT2D eigenvalue weighted by molar-refractivity contribution is 5.15. The van der Waals surface area contributed by atoms with Crippen LogP contribution in [0.5, 0.6) is 0 Å². The molecule has 0 bridgehead atoms. The van der Waals surface area contributed by atoms with Crippen molar-refractivity contribution < 1.29 is 25.2 Å². The van der Waals surface area contributed by atoms with E-state index in [9.17, 15) is 20.4 Å². The van der Waals surface area contributed by atoms with Crippen LogP contribution in [0.3, 0.4) is 0 Å². The van der Waals surface area contributed by atoms with Crippen LogP contribution in [0.15, 0.2) is 67.1 Å². The Bertz CT molecular complexity index is 986. The molecule has 1 saturated heterocycles. The van der Waals surface area contributed by atoms with Gasteiger partial charge in [0.15, 0.2) is 6.29 Å². The molecule has 0 aromatic carbocycles. The van der Waals surface area contributed by atoms with E-state index in [4.69, 9.17) is 4.74 Å². The molecule has 186 valence electrons. The standard InChI is InChI=1S/C25H31N5O5/c31-22-21(35-25(34)24(33)23(22)32)13-26-11-17-7-8-20(29-12-17)16-30(14-18-5-1-3-9-27-18)15-19-6-2-4-10-28-19/h1-10,12,21-26,31-34H,11,13-16H2/t21?,22-,23-,24+,25-/m0/s1. The fourth-order valence-corrected chi connectivity index (χ4v) is 3.95. The number of pyridine rings is 3. The van der Waals surface area contributed by atoms with E-state index >= 15 is 0 Å². The Morgan fingerprint density at radius 3 is 1.91 bits per heavy atom. The summed E-state index contributed by atoms with van der Waals surface area (Å²) in [4.78, 5) is 15.7. The van der Waals surface area contributed by atoms with E-state index in [1.165, 1.54) is 0 Å². The van der Waals surface area contributed by atoms with Crippen LogP contribution in [0.2, 0.25) is 0 Å². The molecule has 3 aromatic heterocycles. The topological polar surface area (TPSA) is 144 Å². The Hall–Kier alpha value is -2.83. The molecule has 4 rings (SSSR count). The summed E-state index contributed by atoms with van der Waals surface area (Å²) >= 11 is 0. The van der Waals surface area contributed by atoms with Crippen LogP contribution in [-0.4, -0.2) is 77.5 Å². The first-order valence-electron chi connectivity index (χ1n) is 11.5. The molecule has 5 atom stereocenters. The first-order chi connectivity index (χ1) is 17.0. The molecule has 10 heteroatoms. The van der Waals surface area contributed by atoms with Gasteiger partial charge >= 0.3 is 0 Å². The molecule has 1 unspecified atom stereocenters. The van der Waals surface area contributed by atoms with Gasteiger partial charge in [-0.05, 0) is 35.9 Å². The van der Waals surface area contributed by atoms with Crippen molar-refractivity contribution in [3.8, 4) is 0 Å². The SMILES string of the molecule is O[C@@H]1[C@@H](O)[C@@H](O)C(CNCc2ccc(CN(Cc3ccccn3)Cc3ccccn3)nc2)O[C@@H]1O. The predicted molar refractivity (Wildman–Crippen MR) is 126 cm³/mol. The fraction of sp³-hybridized carbons (Fsp3) is 0.400. The molecule has 0 spiro atoms. The highest BCUT2D eigenvalue weighted by Crippen LogP contribution is 2.19. The molecular weight excluding hydrogens is 450 g/mol. The molecule has 5 N–H and O–H groups in total. The van der Waals surface area contributed by atoms with Gasteiger partial charge in [-0.1, -0.05) is 18.2 Å². The highest BCUT2D eigenvalue weighted by atomic mass is 16.6. The van der Waals surface area contributed by atoms with Crippen LogP contribution in [0, 0.1) is 0 Å². The number of aromatic nitrogens is 3. The average molecular weight is 482 g/mol. The van der Waals surface area contributed by atoms with Gasteiger partial charge in [0.05, 0.1) is 17.1 Å². The Kier molecular flexibility index (Phi) is 8.83. The largest absolute Gasteiger partial charge is 0.388 e. The summed E-state index contributed by atoms with van der Waals surface area (Å²) in [6.45, 7) is 2.60. The van der Waals surface area contributed by atoms with Gasteiger partial charge in [0, 0.05) is 51.3 Å². The van der Waals surface area contributed by atoms with Crippen molar-refractivity contribution in [2.24, 2.45) is 0 Å². The van der Waals surface area contributed by atoms with Gasteiger partial charge in [-0.15, -0.1) is 0 Å². The third kappa shape index (κ3) is 7.09. The smallest absolute Gasteiger partial charge is 0.184 e. The number of nitrogens with one attached hydrogen (secondary N) is 1. The average Bonchev–Trinajstić information content (AvgIpc) is 2.88. The van der Waals surface area contributed by atoms with Gasteiger partial charge < -0.3 is 30.5 Å². The zero-order chi connectivity index (χ0) is 24.6. The van der Waals surface area contributed by atoms with E-state index in [1.807, 2.05) is 48.5 Å².